The molecule has 0 bridgehead atoms. The number of ether oxygens (including phenoxy) is 1. The number of nitrogens with one attached hydrogen (secondary N) is 2. The molecule has 3 rings (SSSR count). The number of H-pyrrole nitrogens is 1. The minimum atomic E-state index is 0.532. The van der Waals surface area contributed by atoms with E-state index >= 15 is 0 Å². The lowest BCUT2D eigenvalue weighted by Crippen LogP contribution is -1.95. The highest BCUT2D eigenvalue weighted by Gasteiger charge is 2.08. The average molecular weight is 361 g/mol. The van der Waals surface area contributed by atoms with E-state index in [-0.39, 0.29) is 0 Å². The number of nitrogens with zero attached hydrogens (tertiary/aromatic N) is 2. The number of anilines is 2. The Kier molecular flexibility index (Phi) is 5.27. The monoisotopic (exact) mass is 360 g/mol. The number of rotatable bonds is 6. The molecule has 0 fully saturated rings. The fraction of sp³-hybridized carbons (Fsp3) is 0.176. The van der Waals surface area contributed by atoms with Crippen molar-refractivity contribution < 1.29 is 4.74 Å². The van der Waals surface area contributed by atoms with Gasteiger partial charge in [-0.1, -0.05) is 41.6 Å². The Morgan fingerprint density at radius 2 is 2.08 bits per heavy atom. The highest BCUT2D eigenvalue weighted by molar-refractivity contribution is 7.98. The molecule has 0 unspecified atom stereocenters. The number of aromatic nitrogens is 3. The molecule has 3 aromatic rings. The van der Waals surface area contributed by atoms with Crippen LogP contribution in [-0.4, -0.2) is 22.3 Å². The Morgan fingerprint density at radius 3 is 2.83 bits per heavy atom. The van der Waals surface area contributed by atoms with E-state index in [1.165, 1.54) is 0 Å². The summed E-state index contributed by atoms with van der Waals surface area (Å²) in [7, 11) is 1.65. The van der Waals surface area contributed by atoms with Crippen molar-refractivity contribution in [2.75, 3.05) is 12.4 Å². The van der Waals surface area contributed by atoms with Crippen molar-refractivity contribution in [3.63, 3.8) is 0 Å². The molecular formula is C17H17ClN4OS. The minimum Gasteiger partial charge on any atom is -0.497 e. The van der Waals surface area contributed by atoms with Crippen LogP contribution < -0.4 is 10.1 Å². The number of methoxy groups -OCH3 is 1. The van der Waals surface area contributed by atoms with E-state index in [1.54, 1.807) is 18.9 Å². The van der Waals surface area contributed by atoms with Gasteiger partial charge in [0.25, 0.3) is 0 Å². The zero-order valence-corrected chi connectivity index (χ0v) is 14.9. The van der Waals surface area contributed by atoms with Crippen LogP contribution >= 0.6 is 23.4 Å². The quantitative estimate of drug-likeness (QED) is 0.617. The largest absolute Gasteiger partial charge is 0.497 e. The van der Waals surface area contributed by atoms with Gasteiger partial charge < -0.3 is 10.1 Å². The first-order chi connectivity index (χ1) is 11.7. The van der Waals surface area contributed by atoms with E-state index in [0.717, 1.165) is 38.5 Å². The molecule has 2 aromatic carbocycles. The van der Waals surface area contributed by atoms with Crippen LogP contribution in [0.3, 0.4) is 0 Å². The Morgan fingerprint density at radius 1 is 1.25 bits per heavy atom. The van der Waals surface area contributed by atoms with Gasteiger partial charge in [-0.3, -0.25) is 5.10 Å². The van der Waals surface area contributed by atoms with Crippen molar-refractivity contribution in [1.82, 2.24) is 15.2 Å². The summed E-state index contributed by atoms with van der Waals surface area (Å²) in [6.45, 7) is 2.00. The van der Waals surface area contributed by atoms with Crippen LogP contribution in [-0.2, 0) is 5.75 Å². The van der Waals surface area contributed by atoms with Gasteiger partial charge in [0.15, 0.2) is 5.16 Å². The third kappa shape index (κ3) is 4.01. The molecule has 24 heavy (non-hydrogen) atoms. The van der Waals surface area contributed by atoms with Crippen molar-refractivity contribution in [2.45, 2.75) is 17.8 Å². The van der Waals surface area contributed by atoms with Crippen LogP contribution in [0.15, 0.2) is 47.6 Å². The number of thioether (sulfide) groups is 1. The van der Waals surface area contributed by atoms with Gasteiger partial charge in [0, 0.05) is 16.5 Å². The van der Waals surface area contributed by atoms with Crippen LogP contribution in [0, 0.1) is 6.92 Å². The maximum atomic E-state index is 6.16. The van der Waals surface area contributed by atoms with Gasteiger partial charge in [-0.2, -0.15) is 4.98 Å². The second kappa shape index (κ2) is 7.59. The number of hydrogen-bond donors (Lipinski definition) is 2. The van der Waals surface area contributed by atoms with Crippen LogP contribution in [0.4, 0.5) is 11.6 Å². The first-order valence-electron chi connectivity index (χ1n) is 7.36. The van der Waals surface area contributed by atoms with E-state index < -0.39 is 0 Å². The van der Waals surface area contributed by atoms with Crippen LogP contribution in [0.25, 0.3) is 0 Å². The number of hydrogen-bond acceptors (Lipinski definition) is 5. The molecule has 0 atom stereocenters. The minimum absolute atomic E-state index is 0.532. The van der Waals surface area contributed by atoms with Crippen molar-refractivity contribution in [3.8, 4) is 5.75 Å². The Labute approximate surface area is 149 Å². The Bertz CT molecular complexity index is 837. The molecule has 0 amide bonds. The zero-order valence-electron chi connectivity index (χ0n) is 13.3. The predicted molar refractivity (Wildman–Crippen MR) is 98.4 cm³/mol. The van der Waals surface area contributed by atoms with Gasteiger partial charge >= 0.3 is 0 Å². The Hall–Kier alpha value is -2.18. The van der Waals surface area contributed by atoms with Crippen molar-refractivity contribution >= 4 is 35.0 Å². The molecular weight excluding hydrogens is 344 g/mol. The molecule has 0 saturated carbocycles. The molecule has 0 spiro atoms. The summed E-state index contributed by atoms with van der Waals surface area (Å²) in [6, 6.07) is 13.6. The highest BCUT2D eigenvalue weighted by Crippen LogP contribution is 2.26. The fourth-order valence-corrected chi connectivity index (χ4v) is 3.24. The third-order valence-corrected chi connectivity index (χ3v) is 4.75. The van der Waals surface area contributed by atoms with E-state index in [1.807, 2.05) is 49.4 Å². The van der Waals surface area contributed by atoms with E-state index in [9.17, 15) is 0 Å². The molecule has 2 N–H and O–H groups in total. The van der Waals surface area contributed by atoms with Gasteiger partial charge in [0.1, 0.15) is 5.75 Å². The van der Waals surface area contributed by atoms with E-state index in [0.29, 0.717) is 5.95 Å². The summed E-state index contributed by atoms with van der Waals surface area (Å²) in [5.74, 6) is 2.09. The summed E-state index contributed by atoms with van der Waals surface area (Å²) in [5, 5.41) is 11.8. The van der Waals surface area contributed by atoms with Crippen molar-refractivity contribution in [3.05, 3.63) is 58.6 Å². The van der Waals surface area contributed by atoms with Gasteiger partial charge in [0.2, 0.25) is 5.95 Å². The standard InChI is InChI=1S/C17H17ClN4OS/c1-11-9-13(23-2)7-8-15(11)19-16-20-17(22-21-16)24-10-12-5-3-4-6-14(12)18/h3-9H,10H2,1-2H3,(H2,19,20,21,22). The van der Waals surface area contributed by atoms with Gasteiger partial charge in [-0.25, -0.2) is 0 Å². The summed E-state index contributed by atoms with van der Waals surface area (Å²) >= 11 is 7.72. The number of benzene rings is 2. The number of aromatic amines is 1. The molecule has 1 aromatic heterocycles. The summed E-state index contributed by atoms with van der Waals surface area (Å²) in [5.41, 5.74) is 3.07. The fourth-order valence-electron chi connectivity index (χ4n) is 2.15. The SMILES string of the molecule is COc1ccc(Nc2n[nH]c(SCc3ccccc3Cl)n2)c(C)c1. The normalized spacial score (nSPS) is 10.6. The molecule has 0 aliphatic heterocycles. The maximum Gasteiger partial charge on any atom is 0.247 e. The molecule has 0 saturated heterocycles. The van der Waals surface area contributed by atoms with Crippen molar-refractivity contribution in [2.24, 2.45) is 0 Å². The zero-order chi connectivity index (χ0) is 16.9. The first-order valence-corrected chi connectivity index (χ1v) is 8.72. The van der Waals surface area contributed by atoms with E-state index in [2.05, 4.69) is 20.5 Å². The van der Waals surface area contributed by atoms with Crippen LogP contribution in [0.1, 0.15) is 11.1 Å². The summed E-state index contributed by atoms with van der Waals surface area (Å²) < 4.78 is 5.21. The van der Waals surface area contributed by atoms with E-state index in [4.69, 9.17) is 16.3 Å². The molecule has 0 aliphatic rings. The second-order valence-corrected chi connectivity index (χ2v) is 6.52. The molecule has 1 heterocycles. The molecule has 124 valence electrons. The predicted octanol–water partition coefficient (Wildman–Crippen LogP) is 4.81. The summed E-state index contributed by atoms with van der Waals surface area (Å²) in [4.78, 5) is 4.44. The van der Waals surface area contributed by atoms with Crippen LogP contribution in [0.2, 0.25) is 5.02 Å². The Balaban J connectivity index is 1.64. The molecule has 5 nitrogen and oxygen atoms in total. The first kappa shape index (κ1) is 16.7. The lowest BCUT2D eigenvalue weighted by atomic mass is 10.2. The average Bonchev–Trinajstić information content (AvgIpc) is 3.03. The molecule has 0 radical (unpaired) electrons. The van der Waals surface area contributed by atoms with Crippen LogP contribution in [0.5, 0.6) is 5.75 Å². The maximum absolute atomic E-state index is 6.16. The lowest BCUT2D eigenvalue weighted by Gasteiger charge is -2.07. The number of aryl methyl sites for hydroxylation is 1. The van der Waals surface area contributed by atoms with Crippen molar-refractivity contribution in [1.29, 1.82) is 0 Å². The third-order valence-electron chi connectivity index (χ3n) is 3.47. The number of halogens is 1. The topological polar surface area (TPSA) is 62.8 Å². The van der Waals surface area contributed by atoms with Gasteiger partial charge in [-0.15, -0.1) is 5.10 Å². The summed E-state index contributed by atoms with van der Waals surface area (Å²) in [6.07, 6.45) is 0. The van der Waals surface area contributed by atoms with Gasteiger partial charge in [-0.05, 0) is 42.3 Å². The highest BCUT2D eigenvalue weighted by atomic mass is 35.5. The second-order valence-electron chi connectivity index (χ2n) is 5.15. The van der Waals surface area contributed by atoms with Gasteiger partial charge in [0.05, 0.1) is 7.11 Å². The lowest BCUT2D eigenvalue weighted by molar-refractivity contribution is 0.414. The molecule has 7 heteroatoms. The molecule has 0 aliphatic carbocycles. The smallest absolute Gasteiger partial charge is 0.247 e.